The molecule has 1 fully saturated rings. The van der Waals surface area contributed by atoms with Crippen LogP contribution in [0, 0.1) is 0 Å². The summed E-state index contributed by atoms with van der Waals surface area (Å²) >= 11 is 3.48. The first-order chi connectivity index (χ1) is 7.31. The van der Waals surface area contributed by atoms with Crippen molar-refractivity contribution in [3.8, 4) is 0 Å². The van der Waals surface area contributed by atoms with Crippen LogP contribution in [0.15, 0.2) is 28.7 Å². The van der Waals surface area contributed by atoms with E-state index < -0.39 is 0 Å². The van der Waals surface area contributed by atoms with Crippen molar-refractivity contribution in [2.75, 3.05) is 18.1 Å². The van der Waals surface area contributed by atoms with Crippen molar-refractivity contribution in [1.29, 1.82) is 0 Å². The van der Waals surface area contributed by atoms with Crippen molar-refractivity contribution in [2.45, 2.75) is 25.3 Å². The Morgan fingerprint density at radius 1 is 1.40 bits per heavy atom. The maximum Gasteiger partial charge on any atom is 0.0635 e. The van der Waals surface area contributed by atoms with E-state index in [4.69, 9.17) is 0 Å². The molecule has 1 atom stereocenters. The molecule has 2 nitrogen and oxygen atoms in total. The van der Waals surface area contributed by atoms with E-state index in [1.807, 2.05) is 12.1 Å². The fourth-order valence-corrected chi connectivity index (χ4v) is 2.57. The zero-order chi connectivity index (χ0) is 10.7. The van der Waals surface area contributed by atoms with Crippen molar-refractivity contribution >= 4 is 21.6 Å². The lowest BCUT2D eigenvalue weighted by atomic mass is 10.0. The van der Waals surface area contributed by atoms with Crippen LogP contribution in [0.25, 0.3) is 0 Å². The maximum absolute atomic E-state index is 9.34. The number of benzene rings is 1. The van der Waals surface area contributed by atoms with E-state index in [0.29, 0.717) is 6.04 Å². The van der Waals surface area contributed by atoms with Crippen molar-refractivity contribution in [3.05, 3.63) is 28.7 Å². The number of anilines is 1. The van der Waals surface area contributed by atoms with Crippen molar-refractivity contribution in [2.24, 2.45) is 0 Å². The Balaban J connectivity index is 2.20. The van der Waals surface area contributed by atoms with Gasteiger partial charge < -0.3 is 10.0 Å². The van der Waals surface area contributed by atoms with Gasteiger partial charge in [-0.15, -0.1) is 0 Å². The Hall–Kier alpha value is -0.540. The number of piperidine rings is 1. The molecule has 1 heterocycles. The Kier molecular flexibility index (Phi) is 3.65. The van der Waals surface area contributed by atoms with Crippen molar-refractivity contribution in [1.82, 2.24) is 0 Å². The van der Waals surface area contributed by atoms with E-state index >= 15 is 0 Å². The third-order valence-corrected chi connectivity index (χ3v) is 3.47. The third-order valence-electron chi connectivity index (χ3n) is 2.98. The third kappa shape index (κ3) is 2.52. The molecular weight excluding hydrogens is 254 g/mol. The Bertz CT molecular complexity index is 329. The first kappa shape index (κ1) is 11.0. The number of aliphatic hydroxyl groups excluding tert-OH is 1. The van der Waals surface area contributed by atoms with Crippen LogP contribution in [0.2, 0.25) is 0 Å². The summed E-state index contributed by atoms with van der Waals surface area (Å²) in [5, 5.41) is 9.34. The van der Waals surface area contributed by atoms with Gasteiger partial charge in [-0.25, -0.2) is 0 Å². The molecule has 15 heavy (non-hydrogen) atoms. The van der Waals surface area contributed by atoms with Gasteiger partial charge in [-0.1, -0.05) is 22.0 Å². The summed E-state index contributed by atoms with van der Waals surface area (Å²) in [5.41, 5.74) is 1.21. The molecule has 1 aromatic rings. The van der Waals surface area contributed by atoms with Crippen LogP contribution in [0.3, 0.4) is 0 Å². The molecule has 1 N–H and O–H groups in total. The first-order valence-electron chi connectivity index (χ1n) is 5.44. The largest absolute Gasteiger partial charge is 0.394 e. The minimum absolute atomic E-state index is 0.256. The number of aliphatic hydroxyl groups is 1. The van der Waals surface area contributed by atoms with E-state index in [2.05, 4.69) is 33.0 Å². The van der Waals surface area contributed by atoms with Crippen LogP contribution in [-0.2, 0) is 0 Å². The molecule has 0 bridgehead atoms. The standard InChI is InChI=1S/C12H16BrNO/c13-10-4-3-6-11(8-10)14-7-2-1-5-12(14)9-15/h3-4,6,8,12,15H,1-2,5,7,9H2. The summed E-state index contributed by atoms with van der Waals surface area (Å²) in [4.78, 5) is 2.31. The highest BCUT2D eigenvalue weighted by molar-refractivity contribution is 9.10. The van der Waals surface area contributed by atoms with E-state index in [-0.39, 0.29) is 6.61 Å². The second-order valence-electron chi connectivity index (χ2n) is 4.01. The lowest BCUT2D eigenvalue weighted by Crippen LogP contribution is -2.41. The summed E-state index contributed by atoms with van der Waals surface area (Å²) in [5.74, 6) is 0. The maximum atomic E-state index is 9.34. The van der Waals surface area contributed by atoms with Gasteiger partial charge in [0.15, 0.2) is 0 Å². The molecule has 0 aliphatic carbocycles. The molecule has 3 heteroatoms. The zero-order valence-electron chi connectivity index (χ0n) is 8.69. The Morgan fingerprint density at radius 3 is 3.00 bits per heavy atom. The van der Waals surface area contributed by atoms with Crippen LogP contribution in [0.5, 0.6) is 0 Å². The van der Waals surface area contributed by atoms with Crippen LogP contribution in [0.4, 0.5) is 5.69 Å². The second-order valence-corrected chi connectivity index (χ2v) is 4.92. The number of hydrogen-bond donors (Lipinski definition) is 1. The van der Waals surface area contributed by atoms with Crippen molar-refractivity contribution in [3.63, 3.8) is 0 Å². The van der Waals surface area contributed by atoms with E-state index in [1.165, 1.54) is 18.5 Å². The van der Waals surface area contributed by atoms with Crippen LogP contribution in [0.1, 0.15) is 19.3 Å². The predicted molar refractivity (Wildman–Crippen MR) is 66.2 cm³/mol. The SMILES string of the molecule is OCC1CCCCN1c1cccc(Br)c1. The molecule has 2 rings (SSSR count). The number of nitrogens with zero attached hydrogens (tertiary/aromatic N) is 1. The minimum atomic E-state index is 0.256. The lowest BCUT2D eigenvalue weighted by molar-refractivity contribution is 0.240. The van der Waals surface area contributed by atoms with E-state index in [0.717, 1.165) is 17.4 Å². The van der Waals surface area contributed by atoms with Gasteiger partial charge in [-0.2, -0.15) is 0 Å². The molecular formula is C12H16BrNO. The van der Waals surface area contributed by atoms with Gasteiger partial charge in [-0.3, -0.25) is 0 Å². The quantitative estimate of drug-likeness (QED) is 0.893. The number of hydrogen-bond acceptors (Lipinski definition) is 2. The normalized spacial score (nSPS) is 21.7. The summed E-state index contributed by atoms with van der Waals surface area (Å²) in [6.07, 6.45) is 3.56. The molecule has 1 unspecified atom stereocenters. The van der Waals surface area contributed by atoms with Gasteiger partial charge in [0.1, 0.15) is 0 Å². The van der Waals surface area contributed by atoms with Gasteiger partial charge in [0, 0.05) is 16.7 Å². The second kappa shape index (κ2) is 4.99. The summed E-state index contributed by atoms with van der Waals surface area (Å²) in [6.45, 7) is 1.31. The predicted octanol–water partition coefficient (Wildman–Crippen LogP) is 2.80. The molecule has 0 saturated carbocycles. The average molecular weight is 270 g/mol. The molecule has 0 radical (unpaired) electrons. The van der Waals surface area contributed by atoms with Gasteiger partial charge in [-0.05, 0) is 37.5 Å². The highest BCUT2D eigenvalue weighted by Crippen LogP contribution is 2.26. The fraction of sp³-hybridized carbons (Fsp3) is 0.500. The van der Waals surface area contributed by atoms with Gasteiger partial charge in [0.25, 0.3) is 0 Å². The molecule has 0 amide bonds. The van der Waals surface area contributed by atoms with E-state index in [9.17, 15) is 5.11 Å². The molecule has 0 aromatic heterocycles. The highest BCUT2D eigenvalue weighted by atomic mass is 79.9. The molecule has 1 aliphatic rings. The highest BCUT2D eigenvalue weighted by Gasteiger charge is 2.21. The molecule has 1 aliphatic heterocycles. The molecule has 1 saturated heterocycles. The van der Waals surface area contributed by atoms with E-state index in [1.54, 1.807) is 0 Å². The fourth-order valence-electron chi connectivity index (χ4n) is 2.19. The summed E-state index contributed by atoms with van der Waals surface area (Å²) in [6, 6.07) is 8.60. The Morgan fingerprint density at radius 2 is 2.27 bits per heavy atom. The average Bonchev–Trinajstić information content (AvgIpc) is 2.29. The number of halogens is 1. The summed E-state index contributed by atoms with van der Waals surface area (Å²) in [7, 11) is 0. The lowest BCUT2D eigenvalue weighted by Gasteiger charge is -2.36. The molecule has 0 spiro atoms. The van der Waals surface area contributed by atoms with Crippen LogP contribution in [-0.4, -0.2) is 24.3 Å². The van der Waals surface area contributed by atoms with Crippen LogP contribution >= 0.6 is 15.9 Å². The van der Waals surface area contributed by atoms with Gasteiger partial charge >= 0.3 is 0 Å². The zero-order valence-corrected chi connectivity index (χ0v) is 10.3. The Labute approximate surface area is 99.0 Å². The van der Waals surface area contributed by atoms with Gasteiger partial charge in [0.05, 0.1) is 12.6 Å². The molecule has 1 aromatic carbocycles. The smallest absolute Gasteiger partial charge is 0.0635 e. The van der Waals surface area contributed by atoms with Crippen LogP contribution < -0.4 is 4.90 Å². The summed E-state index contributed by atoms with van der Waals surface area (Å²) < 4.78 is 1.10. The monoisotopic (exact) mass is 269 g/mol. The minimum Gasteiger partial charge on any atom is -0.394 e. The van der Waals surface area contributed by atoms with Gasteiger partial charge in [0.2, 0.25) is 0 Å². The molecule has 82 valence electrons. The first-order valence-corrected chi connectivity index (χ1v) is 6.23. The van der Waals surface area contributed by atoms with Crippen molar-refractivity contribution < 1.29 is 5.11 Å². The topological polar surface area (TPSA) is 23.5 Å². The number of rotatable bonds is 2.